The second kappa shape index (κ2) is 7.97. The van der Waals surface area contributed by atoms with Crippen molar-refractivity contribution in [2.75, 3.05) is 19.6 Å². The van der Waals surface area contributed by atoms with Gasteiger partial charge < -0.3 is 16.4 Å². The molecule has 1 heterocycles. The van der Waals surface area contributed by atoms with Gasteiger partial charge >= 0.3 is 0 Å². The molecule has 1 aromatic carbocycles. The third-order valence-corrected chi connectivity index (χ3v) is 9.56. The lowest BCUT2D eigenvalue weighted by atomic mass is 9.53. The number of nitrogens with zero attached hydrogens (tertiary/aromatic N) is 1. The van der Waals surface area contributed by atoms with E-state index < -0.39 is 10.8 Å². The molecule has 3 aliphatic carbocycles. The van der Waals surface area contributed by atoms with Crippen LogP contribution in [0, 0.1) is 41.9 Å². The number of unbranched alkanes of at least 4 members (excludes halogenated alkanes) is 1. The average Bonchev–Trinajstić information content (AvgIpc) is 3.11. The van der Waals surface area contributed by atoms with Gasteiger partial charge in [-0.3, -0.25) is 9.59 Å². The molecule has 33 heavy (non-hydrogen) atoms. The van der Waals surface area contributed by atoms with E-state index in [0.717, 1.165) is 37.8 Å². The number of hydrogen-bond donors (Lipinski definition) is 2. The van der Waals surface area contributed by atoms with E-state index >= 15 is 0 Å². The van der Waals surface area contributed by atoms with Gasteiger partial charge in [-0.1, -0.05) is 47.9 Å². The highest BCUT2D eigenvalue weighted by Crippen LogP contribution is 2.81. The van der Waals surface area contributed by atoms with Gasteiger partial charge in [0.15, 0.2) is 0 Å². The third kappa shape index (κ3) is 3.22. The Bertz CT molecular complexity index is 971. The molecular formula is C28H39N3O2. The fourth-order valence-electron chi connectivity index (χ4n) is 8.27. The summed E-state index contributed by atoms with van der Waals surface area (Å²) in [7, 11) is 0. The molecular weight excluding hydrogens is 410 g/mol. The summed E-state index contributed by atoms with van der Waals surface area (Å²) in [6.45, 7) is 7.57. The monoisotopic (exact) mass is 449 g/mol. The van der Waals surface area contributed by atoms with E-state index in [9.17, 15) is 9.59 Å². The standard InChI is InChI=1S/C28H39N3O2/c1-19-15-20(2)17-21(16-19)18-28(25(30)33)23-8-7-22(26(23)10-11-26)27(28,24(29)32)9-3-4-12-31-13-5-6-14-31/h7-8,15-17,22-23H,3-6,9-14,18H2,1-2H3,(H2,29,32)(H2,30,33)/t22-,23+,27+,28+/m1/s1. The maximum Gasteiger partial charge on any atom is 0.225 e. The van der Waals surface area contributed by atoms with Crippen molar-refractivity contribution in [1.29, 1.82) is 0 Å². The molecule has 4 N–H and O–H groups in total. The molecule has 1 aliphatic heterocycles. The largest absolute Gasteiger partial charge is 0.369 e. The molecule has 1 aromatic rings. The van der Waals surface area contributed by atoms with Crippen LogP contribution in [-0.2, 0) is 16.0 Å². The van der Waals surface area contributed by atoms with E-state index in [2.05, 4.69) is 49.1 Å². The van der Waals surface area contributed by atoms with Crippen LogP contribution in [-0.4, -0.2) is 36.3 Å². The Labute approximate surface area is 198 Å². The summed E-state index contributed by atoms with van der Waals surface area (Å²) in [6.07, 6.45) is 12.2. The summed E-state index contributed by atoms with van der Waals surface area (Å²) in [5.41, 5.74) is 14.2. The number of hydrogen-bond acceptors (Lipinski definition) is 3. The van der Waals surface area contributed by atoms with Crippen molar-refractivity contribution in [3.63, 3.8) is 0 Å². The second-order valence-corrected chi connectivity index (χ2v) is 11.4. The Balaban J connectivity index is 1.53. The minimum atomic E-state index is -0.956. The number of aryl methyl sites for hydroxylation is 2. The SMILES string of the molecule is Cc1cc(C)cc(C[C@@]2(C(N)=O)[C@H]3C=C[C@H](C34CC4)[C@@]2(CCCCN2CCCC2)C(N)=O)c1. The molecule has 0 radical (unpaired) electrons. The van der Waals surface area contributed by atoms with Crippen LogP contribution in [0.1, 0.15) is 61.6 Å². The Morgan fingerprint density at radius 2 is 1.48 bits per heavy atom. The lowest BCUT2D eigenvalue weighted by molar-refractivity contribution is -0.151. The Morgan fingerprint density at radius 3 is 2.03 bits per heavy atom. The molecule has 0 unspecified atom stereocenters. The Kier molecular flexibility index (Phi) is 5.47. The summed E-state index contributed by atoms with van der Waals surface area (Å²) in [5, 5.41) is 0. The average molecular weight is 450 g/mol. The van der Waals surface area contributed by atoms with Gasteiger partial charge in [0, 0.05) is 0 Å². The van der Waals surface area contributed by atoms with Crippen molar-refractivity contribution in [3.05, 3.63) is 47.0 Å². The molecule has 178 valence electrons. The molecule has 2 amide bonds. The third-order valence-electron chi connectivity index (χ3n) is 9.56. The summed E-state index contributed by atoms with van der Waals surface area (Å²) >= 11 is 0. The molecule has 3 fully saturated rings. The van der Waals surface area contributed by atoms with Gasteiger partial charge in [0.05, 0.1) is 10.8 Å². The highest BCUT2D eigenvalue weighted by molar-refractivity contribution is 5.95. The zero-order valence-corrected chi connectivity index (χ0v) is 20.2. The van der Waals surface area contributed by atoms with Crippen LogP contribution in [0.3, 0.4) is 0 Å². The normalized spacial score (nSPS) is 33.8. The van der Waals surface area contributed by atoms with E-state index in [1.165, 1.54) is 37.1 Å². The van der Waals surface area contributed by atoms with Gasteiger partial charge in [-0.05, 0) is 101 Å². The molecule has 1 saturated heterocycles. The number of nitrogens with two attached hydrogens (primary N) is 2. The van der Waals surface area contributed by atoms with E-state index in [1.807, 2.05) is 0 Å². The first-order valence-corrected chi connectivity index (χ1v) is 12.8. The van der Waals surface area contributed by atoms with Crippen LogP contribution in [0.5, 0.6) is 0 Å². The number of benzene rings is 1. The number of carbonyl (C=O) groups excluding carboxylic acids is 2. The molecule has 0 aromatic heterocycles. The van der Waals surface area contributed by atoms with Crippen molar-refractivity contribution >= 4 is 11.8 Å². The molecule has 5 rings (SSSR count). The molecule has 2 saturated carbocycles. The predicted octanol–water partition coefficient (Wildman–Crippen LogP) is 3.65. The number of primary amides is 2. The summed E-state index contributed by atoms with van der Waals surface area (Å²) < 4.78 is 0. The van der Waals surface area contributed by atoms with Crippen LogP contribution in [0.4, 0.5) is 0 Å². The first kappa shape index (κ1) is 22.6. The summed E-state index contributed by atoms with van der Waals surface area (Å²) in [6, 6.07) is 6.43. The predicted molar refractivity (Wildman–Crippen MR) is 130 cm³/mol. The number of likely N-dealkylation sites (tertiary alicyclic amines) is 1. The molecule has 1 spiro atoms. The van der Waals surface area contributed by atoms with Gasteiger partial charge in [0.25, 0.3) is 0 Å². The van der Waals surface area contributed by atoms with Crippen molar-refractivity contribution in [2.24, 2.45) is 39.5 Å². The van der Waals surface area contributed by atoms with Gasteiger partial charge in [-0.2, -0.15) is 0 Å². The lowest BCUT2D eigenvalue weighted by Gasteiger charge is -2.48. The van der Waals surface area contributed by atoms with E-state index in [-0.39, 0.29) is 29.1 Å². The van der Waals surface area contributed by atoms with Crippen LogP contribution in [0.25, 0.3) is 0 Å². The Hall–Kier alpha value is -2.14. The van der Waals surface area contributed by atoms with Crippen LogP contribution < -0.4 is 11.5 Å². The van der Waals surface area contributed by atoms with E-state index in [1.54, 1.807) is 0 Å². The van der Waals surface area contributed by atoms with Crippen molar-refractivity contribution in [2.45, 2.75) is 65.2 Å². The number of amides is 2. The van der Waals surface area contributed by atoms with Gasteiger partial charge in [-0.15, -0.1) is 0 Å². The van der Waals surface area contributed by atoms with Gasteiger partial charge in [-0.25, -0.2) is 0 Å². The Morgan fingerprint density at radius 1 is 0.909 bits per heavy atom. The molecule has 5 nitrogen and oxygen atoms in total. The van der Waals surface area contributed by atoms with Crippen molar-refractivity contribution in [3.8, 4) is 0 Å². The zero-order chi connectivity index (χ0) is 23.4. The quantitative estimate of drug-likeness (QED) is 0.445. The van der Waals surface area contributed by atoms with Crippen LogP contribution in [0.2, 0.25) is 0 Å². The van der Waals surface area contributed by atoms with Crippen molar-refractivity contribution < 1.29 is 9.59 Å². The lowest BCUT2D eigenvalue weighted by Crippen LogP contribution is -2.60. The summed E-state index contributed by atoms with van der Waals surface area (Å²) in [5.74, 6) is -0.643. The zero-order valence-electron chi connectivity index (χ0n) is 20.2. The smallest absolute Gasteiger partial charge is 0.225 e. The molecule has 4 aliphatic rings. The fraction of sp³-hybridized carbons (Fsp3) is 0.643. The van der Waals surface area contributed by atoms with Crippen LogP contribution in [0.15, 0.2) is 30.4 Å². The topological polar surface area (TPSA) is 89.4 Å². The molecule has 2 bridgehead atoms. The van der Waals surface area contributed by atoms with Crippen molar-refractivity contribution in [1.82, 2.24) is 4.90 Å². The highest BCUT2D eigenvalue weighted by Gasteiger charge is 2.81. The van der Waals surface area contributed by atoms with E-state index in [4.69, 9.17) is 11.5 Å². The first-order valence-electron chi connectivity index (χ1n) is 12.8. The maximum atomic E-state index is 13.5. The minimum absolute atomic E-state index is 0.000555. The number of rotatable bonds is 9. The summed E-state index contributed by atoms with van der Waals surface area (Å²) in [4.78, 5) is 29.5. The number of carbonyl (C=O) groups is 2. The molecule has 5 heteroatoms. The highest BCUT2D eigenvalue weighted by atomic mass is 16.2. The first-order chi connectivity index (χ1) is 15.8. The minimum Gasteiger partial charge on any atom is -0.369 e. The number of allylic oxidation sites excluding steroid dienone is 2. The van der Waals surface area contributed by atoms with E-state index in [0.29, 0.717) is 12.8 Å². The fourth-order valence-corrected chi connectivity index (χ4v) is 8.27. The van der Waals surface area contributed by atoms with Gasteiger partial charge in [0.1, 0.15) is 0 Å². The van der Waals surface area contributed by atoms with Crippen LogP contribution >= 0.6 is 0 Å². The maximum absolute atomic E-state index is 13.5. The molecule has 4 atom stereocenters. The second-order valence-electron chi connectivity index (χ2n) is 11.4. The van der Waals surface area contributed by atoms with Gasteiger partial charge in [0.2, 0.25) is 11.8 Å².